The van der Waals surface area contributed by atoms with E-state index in [9.17, 15) is 4.79 Å². The Kier molecular flexibility index (Phi) is 5.28. The van der Waals surface area contributed by atoms with Crippen LogP contribution in [0.2, 0.25) is 0 Å². The number of rotatable bonds is 4. The zero-order chi connectivity index (χ0) is 14.1. The van der Waals surface area contributed by atoms with Crippen molar-refractivity contribution >= 4 is 18.3 Å². The summed E-state index contributed by atoms with van der Waals surface area (Å²) >= 11 is 0. The second-order valence-corrected chi connectivity index (χ2v) is 6.35. The topological polar surface area (TPSA) is 55.1 Å². The SMILES string of the molecule is Cc1ccccc1C1CC1C(=O)NC1CCCC1CN.Cl. The van der Waals surface area contributed by atoms with Crippen molar-refractivity contribution in [1.82, 2.24) is 5.32 Å². The van der Waals surface area contributed by atoms with Gasteiger partial charge in [0, 0.05) is 12.0 Å². The van der Waals surface area contributed by atoms with Crippen LogP contribution in [0.5, 0.6) is 0 Å². The maximum absolute atomic E-state index is 12.4. The maximum Gasteiger partial charge on any atom is 0.223 e. The summed E-state index contributed by atoms with van der Waals surface area (Å²) in [5.74, 6) is 1.32. The number of nitrogens with two attached hydrogens (primary N) is 1. The number of nitrogens with one attached hydrogen (secondary N) is 1. The third-order valence-electron chi connectivity index (χ3n) is 5.00. The highest BCUT2D eigenvalue weighted by molar-refractivity contribution is 5.85. The van der Waals surface area contributed by atoms with Gasteiger partial charge in [0.2, 0.25) is 5.91 Å². The number of carbonyl (C=O) groups excluding carboxylic acids is 1. The maximum atomic E-state index is 12.4. The number of hydrogen-bond donors (Lipinski definition) is 2. The molecule has 0 spiro atoms. The first kappa shape index (κ1) is 16.3. The molecule has 21 heavy (non-hydrogen) atoms. The summed E-state index contributed by atoms with van der Waals surface area (Å²) in [6.45, 7) is 2.82. The molecule has 2 saturated carbocycles. The predicted molar refractivity (Wildman–Crippen MR) is 87.6 cm³/mol. The first-order valence-corrected chi connectivity index (χ1v) is 7.76. The van der Waals surface area contributed by atoms with Crippen molar-refractivity contribution in [1.29, 1.82) is 0 Å². The van der Waals surface area contributed by atoms with Crippen molar-refractivity contribution in [3.8, 4) is 0 Å². The van der Waals surface area contributed by atoms with E-state index in [1.807, 2.05) is 0 Å². The largest absolute Gasteiger partial charge is 0.353 e. The van der Waals surface area contributed by atoms with Crippen molar-refractivity contribution < 1.29 is 4.79 Å². The molecule has 4 unspecified atom stereocenters. The fourth-order valence-electron chi connectivity index (χ4n) is 3.63. The minimum Gasteiger partial charge on any atom is -0.353 e. The number of hydrogen-bond acceptors (Lipinski definition) is 2. The fraction of sp³-hybridized carbons (Fsp3) is 0.588. The Balaban J connectivity index is 0.00000161. The van der Waals surface area contributed by atoms with Gasteiger partial charge >= 0.3 is 0 Å². The Bertz CT molecular complexity index is 505. The highest BCUT2D eigenvalue weighted by Gasteiger charge is 2.45. The number of aryl methyl sites for hydroxylation is 1. The lowest BCUT2D eigenvalue weighted by Gasteiger charge is -2.19. The van der Waals surface area contributed by atoms with E-state index >= 15 is 0 Å². The Morgan fingerprint density at radius 3 is 2.81 bits per heavy atom. The summed E-state index contributed by atoms with van der Waals surface area (Å²) < 4.78 is 0. The molecular weight excluding hydrogens is 284 g/mol. The minimum absolute atomic E-state index is 0. The van der Waals surface area contributed by atoms with Crippen LogP contribution in [0.4, 0.5) is 0 Å². The summed E-state index contributed by atoms with van der Waals surface area (Å²) in [5, 5.41) is 3.24. The first-order chi connectivity index (χ1) is 9.70. The lowest BCUT2D eigenvalue weighted by molar-refractivity contribution is -0.123. The molecule has 0 aliphatic heterocycles. The molecule has 3 N–H and O–H groups in total. The lowest BCUT2D eigenvalue weighted by Crippen LogP contribution is -2.40. The van der Waals surface area contributed by atoms with Gasteiger partial charge in [-0.15, -0.1) is 12.4 Å². The molecular formula is C17H25ClN2O. The van der Waals surface area contributed by atoms with Gasteiger partial charge in [0.05, 0.1) is 0 Å². The van der Waals surface area contributed by atoms with Gasteiger partial charge in [-0.2, -0.15) is 0 Å². The lowest BCUT2D eigenvalue weighted by atomic mass is 10.0. The summed E-state index contributed by atoms with van der Waals surface area (Å²) in [5.41, 5.74) is 8.42. The molecule has 4 atom stereocenters. The molecule has 1 amide bonds. The number of halogens is 1. The van der Waals surface area contributed by atoms with Crippen LogP contribution in [0.15, 0.2) is 24.3 Å². The van der Waals surface area contributed by atoms with Gasteiger partial charge in [-0.25, -0.2) is 0 Å². The zero-order valence-electron chi connectivity index (χ0n) is 12.5. The molecule has 116 valence electrons. The van der Waals surface area contributed by atoms with E-state index in [0.717, 1.165) is 19.3 Å². The molecule has 0 heterocycles. The molecule has 0 bridgehead atoms. The van der Waals surface area contributed by atoms with Gasteiger partial charge in [0.1, 0.15) is 0 Å². The molecule has 3 nitrogen and oxygen atoms in total. The number of amides is 1. The van der Waals surface area contributed by atoms with Crippen molar-refractivity contribution in [3.05, 3.63) is 35.4 Å². The molecule has 2 fully saturated rings. The van der Waals surface area contributed by atoms with Gasteiger partial charge in [-0.05, 0) is 55.7 Å². The van der Waals surface area contributed by atoms with E-state index in [1.54, 1.807) is 0 Å². The standard InChI is InChI=1S/C17H24N2O.ClH/c1-11-5-2-3-7-13(11)14-9-15(14)17(20)19-16-8-4-6-12(16)10-18;/h2-3,5,7,12,14-16H,4,6,8-10,18H2,1H3,(H,19,20);1H. The second kappa shape index (κ2) is 6.80. The van der Waals surface area contributed by atoms with Gasteiger partial charge in [-0.1, -0.05) is 30.7 Å². The van der Waals surface area contributed by atoms with Crippen LogP contribution in [0.3, 0.4) is 0 Å². The van der Waals surface area contributed by atoms with Crippen LogP contribution in [0, 0.1) is 18.8 Å². The third kappa shape index (κ3) is 3.41. The molecule has 1 aromatic rings. The van der Waals surface area contributed by atoms with Crippen molar-refractivity contribution in [2.45, 2.75) is 44.6 Å². The second-order valence-electron chi connectivity index (χ2n) is 6.35. The Morgan fingerprint density at radius 2 is 2.10 bits per heavy atom. The van der Waals surface area contributed by atoms with Crippen LogP contribution < -0.4 is 11.1 Å². The van der Waals surface area contributed by atoms with Crippen LogP contribution in [-0.2, 0) is 4.79 Å². The third-order valence-corrected chi connectivity index (χ3v) is 5.00. The fourth-order valence-corrected chi connectivity index (χ4v) is 3.63. The van der Waals surface area contributed by atoms with Crippen molar-refractivity contribution in [2.75, 3.05) is 6.54 Å². The van der Waals surface area contributed by atoms with Crippen molar-refractivity contribution in [2.24, 2.45) is 17.6 Å². The number of benzene rings is 1. The predicted octanol–water partition coefficient (Wildman–Crippen LogP) is 2.76. The minimum atomic E-state index is 0. The Labute approximate surface area is 133 Å². The smallest absolute Gasteiger partial charge is 0.223 e. The highest BCUT2D eigenvalue weighted by atomic mass is 35.5. The molecule has 0 aromatic heterocycles. The normalized spacial score (nSPS) is 30.6. The summed E-state index contributed by atoms with van der Waals surface area (Å²) in [6, 6.07) is 8.72. The average molecular weight is 309 g/mol. The first-order valence-electron chi connectivity index (χ1n) is 7.76. The van der Waals surface area contributed by atoms with Crippen molar-refractivity contribution in [3.63, 3.8) is 0 Å². The monoisotopic (exact) mass is 308 g/mol. The van der Waals surface area contributed by atoms with Crippen LogP contribution >= 0.6 is 12.4 Å². The highest BCUT2D eigenvalue weighted by Crippen LogP contribution is 2.48. The van der Waals surface area contributed by atoms with Crippen LogP contribution in [0.25, 0.3) is 0 Å². The number of carbonyl (C=O) groups is 1. The molecule has 2 aliphatic carbocycles. The molecule has 1 aromatic carbocycles. The van der Waals surface area contributed by atoms with Gasteiger partial charge in [0.25, 0.3) is 0 Å². The van der Waals surface area contributed by atoms with Gasteiger partial charge in [0.15, 0.2) is 0 Å². The van der Waals surface area contributed by atoms with Gasteiger partial charge in [-0.3, -0.25) is 4.79 Å². The summed E-state index contributed by atoms with van der Waals surface area (Å²) in [4.78, 5) is 12.4. The zero-order valence-corrected chi connectivity index (χ0v) is 13.4. The van der Waals surface area contributed by atoms with E-state index in [1.165, 1.54) is 17.5 Å². The summed E-state index contributed by atoms with van der Waals surface area (Å²) in [7, 11) is 0. The molecule has 0 radical (unpaired) electrons. The van der Waals surface area contributed by atoms with E-state index < -0.39 is 0 Å². The molecule has 0 saturated heterocycles. The molecule has 2 aliphatic rings. The van der Waals surface area contributed by atoms with E-state index in [2.05, 4.69) is 36.5 Å². The van der Waals surface area contributed by atoms with E-state index in [-0.39, 0.29) is 24.2 Å². The quantitative estimate of drug-likeness (QED) is 0.898. The Hall–Kier alpha value is -1.06. The molecule has 4 heteroatoms. The van der Waals surface area contributed by atoms with Crippen LogP contribution in [-0.4, -0.2) is 18.5 Å². The molecule has 3 rings (SSSR count). The Morgan fingerprint density at radius 1 is 1.33 bits per heavy atom. The van der Waals surface area contributed by atoms with E-state index in [0.29, 0.717) is 24.4 Å². The summed E-state index contributed by atoms with van der Waals surface area (Å²) in [6.07, 6.45) is 4.44. The van der Waals surface area contributed by atoms with E-state index in [4.69, 9.17) is 5.73 Å². The van der Waals surface area contributed by atoms with Crippen LogP contribution in [0.1, 0.15) is 42.7 Å². The average Bonchev–Trinajstić information content (AvgIpc) is 3.12. The van der Waals surface area contributed by atoms with Gasteiger partial charge < -0.3 is 11.1 Å².